The second kappa shape index (κ2) is 9.83. The topological polar surface area (TPSA) is 84.9 Å². The van der Waals surface area contributed by atoms with E-state index in [1.807, 2.05) is 0 Å². The lowest BCUT2D eigenvalue weighted by molar-refractivity contribution is -0.146. The fourth-order valence-corrected chi connectivity index (χ4v) is 3.74. The number of nitrogens with one attached hydrogen (secondary N) is 1. The molecule has 3 rings (SSSR count). The van der Waals surface area contributed by atoms with Crippen molar-refractivity contribution in [3.8, 4) is 11.5 Å². The molecule has 2 N–H and O–H groups in total. The molecule has 1 aliphatic rings. The predicted octanol–water partition coefficient (Wildman–Crippen LogP) is 4.59. The molecule has 0 radical (unpaired) electrons. The average Bonchev–Trinajstić information content (AvgIpc) is 3.22. The molecule has 1 fully saturated rings. The van der Waals surface area contributed by atoms with Gasteiger partial charge in [-0.1, -0.05) is 36.6 Å². The van der Waals surface area contributed by atoms with Crippen LogP contribution in [0.5, 0.6) is 11.5 Å². The molecule has 8 heteroatoms. The number of amides is 1. The van der Waals surface area contributed by atoms with Crippen molar-refractivity contribution in [2.45, 2.75) is 37.8 Å². The quantitative estimate of drug-likeness (QED) is 0.578. The van der Waals surface area contributed by atoms with E-state index in [0.29, 0.717) is 35.5 Å². The third-order valence-corrected chi connectivity index (χ3v) is 5.59. The smallest absolute Gasteiger partial charge is 0.329 e. The minimum absolute atomic E-state index is 0.129. The van der Waals surface area contributed by atoms with Crippen molar-refractivity contribution in [3.63, 3.8) is 0 Å². The molecule has 2 aromatic carbocycles. The van der Waals surface area contributed by atoms with Gasteiger partial charge in [0, 0.05) is 11.6 Å². The maximum Gasteiger partial charge on any atom is 0.329 e. The summed E-state index contributed by atoms with van der Waals surface area (Å²) in [5, 5.41) is 12.4. The summed E-state index contributed by atoms with van der Waals surface area (Å²) in [6.45, 7) is 0.129. The number of carboxylic acids is 1. The lowest BCUT2D eigenvalue weighted by Crippen LogP contribution is -2.52. The first-order valence-electron chi connectivity index (χ1n) is 9.81. The van der Waals surface area contributed by atoms with Gasteiger partial charge in [-0.05, 0) is 48.7 Å². The van der Waals surface area contributed by atoms with E-state index in [1.54, 1.807) is 30.3 Å². The third-order valence-electron chi connectivity index (χ3n) is 5.24. The minimum Gasteiger partial charge on any atom is -0.493 e. The normalized spacial score (nSPS) is 15.1. The molecule has 0 spiro atoms. The van der Waals surface area contributed by atoms with Crippen molar-refractivity contribution in [2.24, 2.45) is 0 Å². The summed E-state index contributed by atoms with van der Waals surface area (Å²) in [5.74, 6) is -0.988. The summed E-state index contributed by atoms with van der Waals surface area (Å²) in [6, 6.07) is 9.18. The van der Waals surface area contributed by atoms with E-state index in [1.165, 1.54) is 25.3 Å². The number of rotatable bonds is 8. The van der Waals surface area contributed by atoms with Gasteiger partial charge >= 0.3 is 5.97 Å². The number of carbonyl (C=O) groups excluding carboxylic acids is 1. The van der Waals surface area contributed by atoms with E-state index in [0.717, 1.165) is 12.8 Å². The molecule has 1 amide bonds. The van der Waals surface area contributed by atoms with Gasteiger partial charge in [-0.25, -0.2) is 9.18 Å². The molecule has 31 heavy (non-hydrogen) atoms. The lowest BCUT2D eigenvalue weighted by Gasteiger charge is -2.24. The predicted molar refractivity (Wildman–Crippen MR) is 115 cm³/mol. The van der Waals surface area contributed by atoms with Crippen molar-refractivity contribution in [3.05, 3.63) is 64.4 Å². The van der Waals surface area contributed by atoms with Crippen molar-refractivity contribution in [2.75, 3.05) is 7.11 Å². The van der Waals surface area contributed by atoms with E-state index < -0.39 is 23.2 Å². The maximum atomic E-state index is 13.2. The molecule has 6 nitrogen and oxygen atoms in total. The molecular weight excluding hydrogens is 425 g/mol. The minimum atomic E-state index is -1.18. The summed E-state index contributed by atoms with van der Waals surface area (Å²) >= 11 is 6.02. The molecule has 0 heterocycles. The Bertz CT molecular complexity index is 1000. The first-order chi connectivity index (χ1) is 14.8. The van der Waals surface area contributed by atoms with Crippen LogP contribution in [0.2, 0.25) is 5.02 Å². The Morgan fingerprint density at radius 1 is 1.19 bits per heavy atom. The van der Waals surface area contributed by atoms with E-state index in [-0.39, 0.29) is 11.6 Å². The SMILES string of the molecule is COc1cc(C=CC(=O)NC2(C(=O)O)CCCC2)ccc1OCc1ccc(F)cc1Cl. The molecule has 0 aliphatic heterocycles. The first-order valence-corrected chi connectivity index (χ1v) is 10.2. The molecule has 0 saturated heterocycles. The number of ether oxygens (including phenoxy) is 2. The van der Waals surface area contributed by atoms with Gasteiger partial charge in [-0.3, -0.25) is 4.79 Å². The van der Waals surface area contributed by atoms with Crippen LogP contribution in [0.3, 0.4) is 0 Å². The maximum absolute atomic E-state index is 13.2. The Balaban J connectivity index is 1.66. The Morgan fingerprint density at radius 2 is 1.94 bits per heavy atom. The zero-order valence-corrected chi connectivity index (χ0v) is 17.7. The van der Waals surface area contributed by atoms with Gasteiger partial charge in [0.1, 0.15) is 18.0 Å². The first kappa shape index (κ1) is 22.6. The zero-order chi connectivity index (χ0) is 22.4. The second-order valence-electron chi connectivity index (χ2n) is 7.35. The van der Waals surface area contributed by atoms with E-state index >= 15 is 0 Å². The number of methoxy groups -OCH3 is 1. The number of carbonyl (C=O) groups is 2. The van der Waals surface area contributed by atoms with Crippen LogP contribution in [0.25, 0.3) is 6.08 Å². The molecule has 1 aliphatic carbocycles. The highest BCUT2D eigenvalue weighted by Crippen LogP contribution is 2.31. The van der Waals surface area contributed by atoms with Gasteiger partial charge < -0.3 is 19.9 Å². The highest BCUT2D eigenvalue weighted by molar-refractivity contribution is 6.31. The van der Waals surface area contributed by atoms with Crippen LogP contribution < -0.4 is 14.8 Å². The van der Waals surface area contributed by atoms with Crippen LogP contribution in [-0.4, -0.2) is 29.6 Å². The molecular formula is C23H23ClFNO5. The Labute approximate surface area is 184 Å². The Kier molecular flexibility index (Phi) is 7.17. The van der Waals surface area contributed by atoms with Gasteiger partial charge in [0.15, 0.2) is 11.5 Å². The summed E-state index contributed by atoms with van der Waals surface area (Å²) in [7, 11) is 1.49. The van der Waals surface area contributed by atoms with Gasteiger partial charge in [-0.15, -0.1) is 0 Å². The standard InChI is InChI=1S/C23H23ClFNO5/c1-30-20-12-15(5-9-21(27)26-23(22(28)29)10-2-3-11-23)4-8-19(20)31-14-16-6-7-17(25)13-18(16)24/h4-9,12-13H,2-3,10-11,14H2,1H3,(H,26,27)(H,28,29). The number of aliphatic carboxylic acids is 1. The highest BCUT2D eigenvalue weighted by atomic mass is 35.5. The molecule has 0 unspecified atom stereocenters. The number of hydrogen-bond acceptors (Lipinski definition) is 4. The van der Waals surface area contributed by atoms with Crippen LogP contribution in [-0.2, 0) is 16.2 Å². The van der Waals surface area contributed by atoms with Gasteiger partial charge in [0.2, 0.25) is 5.91 Å². The number of benzene rings is 2. The van der Waals surface area contributed by atoms with Crippen LogP contribution in [0, 0.1) is 5.82 Å². The molecule has 164 valence electrons. The highest BCUT2D eigenvalue weighted by Gasteiger charge is 2.42. The van der Waals surface area contributed by atoms with Crippen LogP contribution in [0.15, 0.2) is 42.5 Å². The average molecular weight is 448 g/mol. The zero-order valence-electron chi connectivity index (χ0n) is 17.0. The third kappa shape index (κ3) is 5.55. The number of halogens is 2. The van der Waals surface area contributed by atoms with E-state index in [4.69, 9.17) is 21.1 Å². The van der Waals surface area contributed by atoms with E-state index in [9.17, 15) is 19.1 Å². The second-order valence-corrected chi connectivity index (χ2v) is 7.76. The summed E-state index contributed by atoms with van der Waals surface area (Å²) in [5.41, 5.74) is 0.123. The van der Waals surface area contributed by atoms with Crippen LogP contribution in [0.1, 0.15) is 36.8 Å². The van der Waals surface area contributed by atoms with Crippen LogP contribution >= 0.6 is 11.6 Å². The van der Waals surface area contributed by atoms with E-state index in [2.05, 4.69) is 5.32 Å². The molecule has 1 saturated carbocycles. The van der Waals surface area contributed by atoms with Crippen molar-refractivity contribution in [1.29, 1.82) is 0 Å². The molecule has 2 aromatic rings. The Morgan fingerprint density at radius 3 is 2.58 bits per heavy atom. The fourth-order valence-electron chi connectivity index (χ4n) is 3.52. The van der Waals surface area contributed by atoms with Gasteiger partial charge in [0.05, 0.1) is 12.1 Å². The van der Waals surface area contributed by atoms with Gasteiger partial charge in [-0.2, -0.15) is 0 Å². The molecule has 0 bridgehead atoms. The monoisotopic (exact) mass is 447 g/mol. The van der Waals surface area contributed by atoms with Crippen LogP contribution in [0.4, 0.5) is 4.39 Å². The Hall–Kier alpha value is -3.06. The van der Waals surface area contributed by atoms with Crippen molar-refractivity contribution < 1.29 is 28.6 Å². The molecule has 0 aromatic heterocycles. The number of carboxylic acid groups (broad SMARTS) is 1. The van der Waals surface area contributed by atoms with Crippen molar-refractivity contribution >= 4 is 29.6 Å². The van der Waals surface area contributed by atoms with Crippen molar-refractivity contribution in [1.82, 2.24) is 5.32 Å². The molecule has 0 atom stereocenters. The van der Waals surface area contributed by atoms with Gasteiger partial charge in [0.25, 0.3) is 0 Å². The summed E-state index contributed by atoms with van der Waals surface area (Å²) in [4.78, 5) is 23.8. The lowest BCUT2D eigenvalue weighted by atomic mass is 9.98. The summed E-state index contributed by atoms with van der Waals surface area (Å²) in [6.07, 6.45) is 5.29. The largest absolute Gasteiger partial charge is 0.493 e. The number of hydrogen-bond donors (Lipinski definition) is 2. The fraction of sp³-hybridized carbons (Fsp3) is 0.304. The summed E-state index contributed by atoms with van der Waals surface area (Å²) < 4.78 is 24.3.